The number of nitrogens with zero attached hydrogens (tertiary/aromatic N) is 4. The summed E-state index contributed by atoms with van der Waals surface area (Å²) < 4.78 is 5.53. The third kappa shape index (κ3) is 3.72. The largest absolute Gasteiger partial charge is 0.337 e. The van der Waals surface area contributed by atoms with Gasteiger partial charge in [-0.2, -0.15) is 4.98 Å². The number of thiophene rings is 1. The predicted octanol–water partition coefficient (Wildman–Crippen LogP) is 3.93. The van der Waals surface area contributed by atoms with Gasteiger partial charge in [0.05, 0.1) is 10.9 Å². The molecule has 2 aromatic heterocycles. The molecule has 1 atom stereocenters. The number of carbonyl (C=O) groups is 1. The van der Waals surface area contributed by atoms with Crippen LogP contribution in [-0.4, -0.2) is 52.0 Å². The number of benzene rings is 1. The maximum absolute atomic E-state index is 12.7. The fraction of sp³-hybridized carbons (Fsp3) is 0.381. The first kappa shape index (κ1) is 18.8. The Balaban J connectivity index is 1.39. The molecule has 3 aromatic rings. The normalized spacial score (nSPS) is 16.3. The fourth-order valence-corrected chi connectivity index (χ4v) is 4.32. The molecule has 146 valence electrons. The zero-order valence-electron chi connectivity index (χ0n) is 16.4. The van der Waals surface area contributed by atoms with Crippen LogP contribution in [0.25, 0.3) is 11.4 Å². The van der Waals surface area contributed by atoms with Crippen molar-refractivity contribution >= 4 is 17.2 Å². The van der Waals surface area contributed by atoms with E-state index in [4.69, 9.17) is 4.52 Å². The van der Waals surface area contributed by atoms with Crippen LogP contribution >= 0.6 is 11.3 Å². The highest BCUT2D eigenvalue weighted by Gasteiger charge is 2.29. The zero-order chi connectivity index (χ0) is 19.7. The van der Waals surface area contributed by atoms with Crippen LogP contribution in [-0.2, 0) is 0 Å². The molecule has 1 aliphatic heterocycles. The lowest BCUT2D eigenvalue weighted by Gasteiger charge is -2.36. The summed E-state index contributed by atoms with van der Waals surface area (Å²) in [5.74, 6) is 1.37. The second kappa shape index (κ2) is 7.85. The van der Waals surface area contributed by atoms with Gasteiger partial charge in [-0.1, -0.05) is 35.0 Å². The fourth-order valence-electron chi connectivity index (χ4n) is 3.43. The molecule has 1 fully saturated rings. The lowest BCUT2D eigenvalue weighted by Crippen LogP contribution is -2.49. The quantitative estimate of drug-likeness (QED) is 0.669. The number of carbonyl (C=O) groups excluding carboxylic acids is 1. The standard InChI is InChI=1S/C21H24N4O2S/c1-14-4-6-17(7-5-14)19-22-20(27-23-19)16(3)24-9-11-25(12-10-24)21(26)18-15(2)8-13-28-18/h4-8,13,16H,9-12H2,1-3H3/t16-/m0/s1. The van der Waals surface area contributed by atoms with Gasteiger partial charge in [-0.05, 0) is 37.8 Å². The highest BCUT2D eigenvalue weighted by Crippen LogP contribution is 2.25. The van der Waals surface area contributed by atoms with Crippen molar-refractivity contribution in [3.63, 3.8) is 0 Å². The van der Waals surface area contributed by atoms with E-state index >= 15 is 0 Å². The van der Waals surface area contributed by atoms with Crippen LogP contribution in [0.3, 0.4) is 0 Å². The van der Waals surface area contributed by atoms with E-state index in [0.29, 0.717) is 24.8 Å². The molecule has 6 nitrogen and oxygen atoms in total. The van der Waals surface area contributed by atoms with Crippen molar-refractivity contribution in [2.75, 3.05) is 26.2 Å². The van der Waals surface area contributed by atoms with Crippen molar-refractivity contribution in [3.05, 3.63) is 57.6 Å². The first-order valence-corrected chi connectivity index (χ1v) is 10.4. The van der Waals surface area contributed by atoms with Crippen LogP contribution in [0.4, 0.5) is 0 Å². The molecule has 4 rings (SSSR count). The summed E-state index contributed by atoms with van der Waals surface area (Å²) in [6.45, 7) is 9.12. The van der Waals surface area contributed by atoms with Crippen molar-refractivity contribution < 1.29 is 9.32 Å². The molecular formula is C21H24N4O2S. The minimum absolute atomic E-state index is 0.0208. The van der Waals surface area contributed by atoms with E-state index in [-0.39, 0.29) is 11.9 Å². The summed E-state index contributed by atoms with van der Waals surface area (Å²) in [6, 6.07) is 10.1. The van der Waals surface area contributed by atoms with Crippen molar-refractivity contribution in [2.24, 2.45) is 0 Å². The van der Waals surface area contributed by atoms with Crippen molar-refractivity contribution in [2.45, 2.75) is 26.8 Å². The minimum atomic E-state index is 0.0208. The molecule has 1 amide bonds. The molecule has 0 spiro atoms. The summed E-state index contributed by atoms with van der Waals surface area (Å²) in [4.78, 5) is 22.4. The maximum Gasteiger partial charge on any atom is 0.264 e. The van der Waals surface area contributed by atoms with Gasteiger partial charge in [-0.3, -0.25) is 9.69 Å². The molecule has 0 radical (unpaired) electrons. The average Bonchev–Trinajstić information content (AvgIpc) is 3.37. The second-order valence-electron chi connectivity index (χ2n) is 7.26. The van der Waals surface area contributed by atoms with Gasteiger partial charge in [0.15, 0.2) is 0 Å². The Morgan fingerprint density at radius 1 is 1.11 bits per heavy atom. The molecule has 1 aromatic carbocycles. The highest BCUT2D eigenvalue weighted by atomic mass is 32.1. The average molecular weight is 397 g/mol. The Morgan fingerprint density at radius 3 is 2.46 bits per heavy atom. The molecule has 28 heavy (non-hydrogen) atoms. The molecule has 7 heteroatoms. The van der Waals surface area contributed by atoms with Gasteiger partial charge < -0.3 is 9.42 Å². The summed E-state index contributed by atoms with van der Waals surface area (Å²) in [5, 5.41) is 6.12. The number of rotatable bonds is 4. The Morgan fingerprint density at radius 2 is 1.82 bits per heavy atom. The predicted molar refractivity (Wildman–Crippen MR) is 109 cm³/mol. The summed E-state index contributed by atoms with van der Waals surface area (Å²) in [7, 11) is 0. The van der Waals surface area contributed by atoms with Crippen LogP contribution in [0.15, 0.2) is 40.2 Å². The molecule has 1 saturated heterocycles. The monoisotopic (exact) mass is 396 g/mol. The Labute approximate surface area is 168 Å². The topological polar surface area (TPSA) is 62.5 Å². The number of aryl methyl sites for hydroxylation is 2. The third-order valence-corrected chi connectivity index (χ3v) is 6.32. The van der Waals surface area contributed by atoms with E-state index in [1.807, 2.05) is 47.5 Å². The van der Waals surface area contributed by atoms with Gasteiger partial charge in [-0.25, -0.2) is 0 Å². The summed E-state index contributed by atoms with van der Waals surface area (Å²) in [5.41, 5.74) is 3.21. The smallest absolute Gasteiger partial charge is 0.264 e. The van der Waals surface area contributed by atoms with E-state index in [1.165, 1.54) is 16.9 Å². The van der Waals surface area contributed by atoms with Gasteiger partial charge >= 0.3 is 0 Å². The summed E-state index contributed by atoms with van der Waals surface area (Å²) in [6.07, 6.45) is 0. The minimum Gasteiger partial charge on any atom is -0.337 e. The van der Waals surface area contributed by atoms with E-state index < -0.39 is 0 Å². The molecule has 1 aliphatic rings. The lowest BCUT2D eigenvalue weighted by molar-refractivity contribution is 0.0555. The maximum atomic E-state index is 12.7. The number of aromatic nitrogens is 2. The SMILES string of the molecule is Cc1ccc(-c2noc([C@H](C)N3CCN(C(=O)c4sccc4C)CC3)n2)cc1. The molecule has 3 heterocycles. The van der Waals surface area contributed by atoms with Crippen molar-refractivity contribution in [1.82, 2.24) is 19.9 Å². The van der Waals surface area contributed by atoms with Crippen LogP contribution in [0.1, 0.15) is 39.7 Å². The van der Waals surface area contributed by atoms with Crippen molar-refractivity contribution in [3.8, 4) is 11.4 Å². The van der Waals surface area contributed by atoms with E-state index in [9.17, 15) is 4.79 Å². The first-order valence-electron chi connectivity index (χ1n) is 9.51. The summed E-state index contributed by atoms with van der Waals surface area (Å²) >= 11 is 1.52. The lowest BCUT2D eigenvalue weighted by atomic mass is 10.1. The molecule has 0 aliphatic carbocycles. The molecule has 0 unspecified atom stereocenters. The second-order valence-corrected chi connectivity index (χ2v) is 8.18. The first-order chi connectivity index (χ1) is 13.5. The van der Waals surface area contributed by atoms with E-state index in [2.05, 4.69) is 28.9 Å². The zero-order valence-corrected chi connectivity index (χ0v) is 17.2. The molecule has 0 saturated carbocycles. The van der Waals surface area contributed by atoms with E-state index in [1.54, 1.807) is 0 Å². The van der Waals surface area contributed by atoms with Crippen molar-refractivity contribution in [1.29, 1.82) is 0 Å². The Kier molecular flexibility index (Phi) is 5.28. The van der Waals surface area contributed by atoms with Crippen LogP contribution in [0.2, 0.25) is 0 Å². The van der Waals surface area contributed by atoms with E-state index in [0.717, 1.165) is 29.1 Å². The number of hydrogen-bond donors (Lipinski definition) is 0. The van der Waals surface area contributed by atoms with Crippen LogP contribution < -0.4 is 0 Å². The van der Waals surface area contributed by atoms with Gasteiger partial charge in [0.25, 0.3) is 5.91 Å². The number of amides is 1. The Hall–Kier alpha value is -2.51. The van der Waals surface area contributed by atoms with Crippen LogP contribution in [0.5, 0.6) is 0 Å². The molecular weight excluding hydrogens is 372 g/mol. The third-order valence-electron chi connectivity index (χ3n) is 5.31. The molecule has 0 N–H and O–H groups in total. The van der Waals surface area contributed by atoms with Gasteiger partial charge in [0, 0.05) is 31.7 Å². The van der Waals surface area contributed by atoms with Gasteiger partial charge in [0.1, 0.15) is 0 Å². The van der Waals surface area contributed by atoms with Gasteiger partial charge in [0.2, 0.25) is 11.7 Å². The Bertz CT molecular complexity index is 955. The molecule has 0 bridgehead atoms. The number of hydrogen-bond acceptors (Lipinski definition) is 6. The van der Waals surface area contributed by atoms with Gasteiger partial charge in [-0.15, -0.1) is 11.3 Å². The number of piperazine rings is 1. The van der Waals surface area contributed by atoms with Crippen LogP contribution in [0, 0.1) is 13.8 Å². The highest BCUT2D eigenvalue weighted by molar-refractivity contribution is 7.12.